The standard InChI is InChI=1S/C19H22N4O2S/c1-15-2-4-16(5-3-15)14-20-19(26)22-12-10-21(11-13-22)17-6-8-18(9-7-17)23(24)25/h2-9H,10-14H2,1H3,(H,20,26). The van der Waals surface area contributed by atoms with E-state index in [2.05, 4.69) is 46.3 Å². The number of nitrogens with one attached hydrogen (secondary N) is 1. The lowest BCUT2D eigenvalue weighted by Crippen LogP contribution is -2.51. The number of nitrogens with zero attached hydrogens (tertiary/aromatic N) is 3. The monoisotopic (exact) mass is 370 g/mol. The molecule has 7 heteroatoms. The molecule has 0 atom stereocenters. The molecule has 136 valence electrons. The van der Waals surface area contributed by atoms with E-state index >= 15 is 0 Å². The van der Waals surface area contributed by atoms with Gasteiger partial charge in [-0.05, 0) is 36.8 Å². The molecule has 1 fully saturated rings. The first-order valence-electron chi connectivity index (χ1n) is 8.60. The summed E-state index contributed by atoms with van der Waals surface area (Å²) in [5.74, 6) is 0. The highest BCUT2D eigenvalue weighted by Crippen LogP contribution is 2.20. The van der Waals surface area contributed by atoms with Gasteiger partial charge in [0.05, 0.1) is 4.92 Å². The van der Waals surface area contributed by atoms with Crippen LogP contribution in [-0.2, 0) is 6.54 Å². The molecule has 0 aromatic heterocycles. The van der Waals surface area contributed by atoms with Crippen molar-refractivity contribution in [1.29, 1.82) is 0 Å². The first kappa shape index (κ1) is 18.1. The van der Waals surface area contributed by atoms with Crippen molar-refractivity contribution in [2.24, 2.45) is 0 Å². The van der Waals surface area contributed by atoms with Gasteiger partial charge in [0.25, 0.3) is 5.69 Å². The third-order valence-corrected chi connectivity index (χ3v) is 4.96. The topological polar surface area (TPSA) is 61.6 Å². The fourth-order valence-corrected chi connectivity index (χ4v) is 3.20. The van der Waals surface area contributed by atoms with Crippen LogP contribution in [0, 0.1) is 17.0 Å². The second kappa shape index (κ2) is 8.14. The van der Waals surface area contributed by atoms with E-state index in [1.807, 2.05) is 12.1 Å². The summed E-state index contributed by atoms with van der Waals surface area (Å²) < 4.78 is 0. The molecule has 1 aliphatic rings. The highest BCUT2D eigenvalue weighted by atomic mass is 32.1. The van der Waals surface area contributed by atoms with E-state index in [4.69, 9.17) is 12.2 Å². The molecule has 1 heterocycles. The normalized spacial score (nSPS) is 14.2. The smallest absolute Gasteiger partial charge is 0.269 e. The van der Waals surface area contributed by atoms with E-state index in [1.165, 1.54) is 11.1 Å². The number of aryl methyl sites for hydroxylation is 1. The van der Waals surface area contributed by atoms with Crippen molar-refractivity contribution in [3.05, 3.63) is 69.8 Å². The molecule has 1 aliphatic heterocycles. The van der Waals surface area contributed by atoms with Crippen LogP contribution in [0.5, 0.6) is 0 Å². The lowest BCUT2D eigenvalue weighted by atomic mass is 10.1. The van der Waals surface area contributed by atoms with Crippen molar-refractivity contribution in [2.45, 2.75) is 13.5 Å². The fraction of sp³-hybridized carbons (Fsp3) is 0.316. The van der Waals surface area contributed by atoms with E-state index in [0.717, 1.165) is 43.5 Å². The van der Waals surface area contributed by atoms with Crippen molar-refractivity contribution in [1.82, 2.24) is 10.2 Å². The van der Waals surface area contributed by atoms with Crippen LogP contribution in [0.25, 0.3) is 0 Å². The lowest BCUT2D eigenvalue weighted by Gasteiger charge is -2.37. The fourth-order valence-electron chi connectivity index (χ4n) is 2.95. The second-order valence-electron chi connectivity index (χ2n) is 6.39. The Kier molecular flexibility index (Phi) is 5.68. The van der Waals surface area contributed by atoms with E-state index in [-0.39, 0.29) is 10.6 Å². The zero-order valence-corrected chi connectivity index (χ0v) is 15.5. The number of rotatable bonds is 4. The number of hydrogen-bond acceptors (Lipinski definition) is 4. The van der Waals surface area contributed by atoms with E-state index in [1.54, 1.807) is 12.1 Å². The van der Waals surface area contributed by atoms with Gasteiger partial charge in [-0.2, -0.15) is 0 Å². The van der Waals surface area contributed by atoms with Crippen molar-refractivity contribution in [3.8, 4) is 0 Å². The zero-order valence-electron chi connectivity index (χ0n) is 14.7. The molecule has 1 N–H and O–H groups in total. The minimum Gasteiger partial charge on any atom is -0.368 e. The average Bonchev–Trinajstić information content (AvgIpc) is 2.67. The van der Waals surface area contributed by atoms with Crippen LogP contribution < -0.4 is 10.2 Å². The summed E-state index contributed by atoms with van der Waals surface area (Å²) in [4.78, 5) is 14.8. The second-order valence-corrected chi connectivity index (χ2v) is 6.78. The molecule has 2 aromatic rings. The van der Waals surface area contributed by atoms with Crippen LogP contribution in [0.2, 0.25) is 0 Å². The Morgan fingerprint density at radius 2 is 1.69 bits per heavy atom. The van der Waals surface area contributed by atoms with Gasteiger partial charge in [0.2, 0.25) is 0 Å². The summed E-state index contributed by atoms with van der Waals surface area (Å²) >= 11 is 5.52. The molecule has 0 saturated carbocycles. The van der Waals surface area contributed by atoms with Crippen molar-refractivity contribution in [3.63, 3.8) is 0 Å². The van der Waals surface area contributed by atoms with Crippen LogP contribution in [-0.4, -0.2) is 41.1 Å². The Balaban J connectivity index is 1.48. The molecule has 0 bridgehead atoms. The minimum absolute atomic E-state index is 0.119. The summed E-state index contributed by atoms with van der Waals surface area (Å²) in [5.41, 5.74) is 3.59. The maximum Gasteiger partial charge on any atom is 0.269 e. The Morgan fingerprint density at radius 1 is 1.08 bits per heavy atom. The predicted molar refractivity (Wildman–Crippen MR) is 107 cm³/mol. The van der Waals surface area contributed by atoms with Crippen LogP contribution in [0.3, 0.4) is 0 Å². The molecule has 6 nitrogen and oxygen atoms in total. The Bertz CT molecular complexity index is 769. The van der Waals surface area contributed by atoms with Gasteiger partial charge in [-0.1, -0.05) is 29.8 Å². The molecular formula is C19H22N4O2S. The summed E-state index contributed by atoms with van der Waals surface area (Å²) in [6.45, 7) is 6.13. The molecule has 0 aliphatic carbocycles. The molecule has 3 rings (SSSR count). The third kappa shape index (κ3) is 4.49. The number of nitro groups is 1. The highest BCUT2D eigenvalue weighted by Gasteiger charge is 2.19. The van der Waals surface area contributed by atoms with Gasteiger partial charge >= 0.3 is 0 Å². The summed E-state index contributed by atoms with van der Waals surface area (Å²) in [6, 6.07) is 15.1. The van der Waals surface area contributed by atoms with Crippen molar-refractivity contribution < 1.29 is 4.92 Å². The summed E-state index contributed by atoms with van der Waals surface area (Å²) in [5, 5.41) is 14.8. The van der Waals surface area contributed by atoms with Gasteiger partial charge in [-0.15, -0.1) is 0 Å². The first-order chi connectivity index (χ1) is 12.5. The molecule has 1 saturated heterocycles. The van der Waals surface area contributed by atoms with Crippen molar-refractivity contribution >= 4 is 28.7 Å². The molecular weight excluding hydrogens is 348 g/mol. The largest absolute Gasteiger partial charge is 0.368 e. The SMILES string of the molecule is Cc1ccc(CNC(=S)N2CCN(c3ccc([N+](=O)[O-])cc3)CC2)cc1. The highest BCUT2D eigenvalue weighted by molar-refractivity contribution is 7.80. The Morgan fingerprint density at radius 3 is 2.27 bits per heavy atom. The van der Waals surface area contributed by atoms with Crippen LogP contribution in [0.15, 0.2) is 48.5 Å². The number of anilines is 1. The number of piperazine rings is 1. The number of hydrogen-bond donors (Lipinski definition) is 1. The molecule has 0 amide bonds. The van der Waals surface area contributed by atoms with Crippen LogP contribution in [0.4, 0.5) is 11.4 Å². The number of thiocarbonyl (C=S) groups is 1. The maximum absolute atomic E-state index is 10.8. The van der Waals surface area contributed by atoms with E-state index < -0.39 is 0 Å². The zero-order chi connectivity index (χ0) is 18.5. The van der Waals surface area contributed by atoms with Crippen LogP contribution in [0.1, 0.15) is 11.1 Å². The van der Waals surface area contributed by atoms with Gasteiger partial charge < -0.3 is 15.1 Å². The Labute approximate surface area is 158 Å². The quantitative estimate of drug-likeness (QED) is 0.507. The lowest BCUT2D eigenvalue weighted by molar-refractivity contribution is -0.384. The van der Waals surface area contributed by atoms with Gasteiger partial charge in [0.1, 0.15) is 0 Å². The molecule has 26 heavy (non-hydrogen) atoms. The summed E-state index contributed by atoms with van der Waals surface area (Å²) in [6.07, 6.45) is 0. The van der Waals surface area contributed by atoms with Crippen LogP contribution >= 0.6 is 12.2 Å². The van der Waals surface area contributed by atoms with Crippen molar-refractivity contribution in [2.75, 3.05) is 31.1 Å². The predicted octanol–water partition coefficient (Wildman–Crippen LogP) is 3.10. The van der Waals surface area contributed by atoms with E-state index in [9.17, 15) is 10.1 Å². The third-order valence-electron chi connectivity index (χ3n) is 4.56. The number of non-ortho nitro benzene ring substituents is 1. The number of benzene rings is 2. The Hall–Kier alpha value is -2.67. The molecule has 0 spiro atoms. The molecule has 2 aromatic carbocycles. The summed E-state index contributed by atoms with van der Waals surface area (Å²) in [7, 11) is 0. The minimum atomic E-state index is -0.375. The van der Waals surface area contributed by atoms with Gasteiger partial charge in [-0.3, -0.25) is 10.1 Å². The molecule has 0 radical (unpaired) electrons. The van der Waals surface area contributed by atoms with E-state index in [0.29, 0.717) is 0 Å². The van der Waals surface area contributed by atoms with Gasteiger partial charge in [0.15, 0.2) is 5.11 Å². The van der Waals surface area contributed by atoms with Gasteiger partial charge in [-0.25, -0.2) is 0 Å². The first-order valence-corrected chi connectivity index (χ1v) is 9.01. The average molecular weight is 370 g/mol. The molecule has 0 unspecified atom stereocenters. The number of nitro benzene ring substituents is 1. The maximum atomic E-state index is 10.8. The van der Waals surface area contributed by atoms with Gasteiger partial charge in [0, 0.05) is 50.5 Å².